The molecule has 3 amide bonds. The zero-order valence-corrected chi connectivity index (χ0v) is 22.5. The fourth-order valence-corrected chi connectivity index (χ4v) is 4.94. The molecule has 0 fully saturated rings. The molecule has 200 valence electrons. The van der Waals surface area contributed by atoms with Crippen LogP contribution in [-0.4, -0.2) is 48.2 Å². The Kier molecular flexibility index (Phi) is 7.27. The molecule has 2 heterocycles. The summed E-state index contributed by atoms with van der Waals surface area (Å²) >= 11 is 0. The molecule has 0 aliphatic carbocycles. The molecule has 1 aliphatic rings. The van der Waals surface area contributed by atoms with Crippen molar-refractivity contribution < 1.29 is 19.1 Å². The average molecular weight is 525 g/mol. The number of rotatable bonds is 7. The van der Waals surface area contributed by atoms with Gasteiger partial charge < -0.3 is 24.3 Å². The Morgan fingerprint density at radius 1 is 0.846 bits per heavy atom. The number of nitrogens with zero attached hydrogens (tertiary/aromatic N) is 3. The van der Waals surface area contributed by atoms with E-state index in [1.807, 2.05) is 85.6 Å². The number of amides is 3. The first-order chi connectivity index (χ1) is 18.9. The maximum Gasteiger partial charge on any atom is 0.322 e. The van der Waals surface area contributed by atoms with Crippen molar-refractivity contribution in [2.45, 2.75) is 25.9 Å². The van der Waals surface area contributed by atoms with Crippen molar-refractivity contribution in [3.8, 4) is 17.2 Å². The van der Waals surface area contributed by atoms with E-state index in [0.29, 0.717) is 11.4 Å². The summed E-state index contributed by atoms with van der Waals surface area (Å²) in [5.41, 5.74) is 4.22. The summed E-state index contributed by atoms with van der Waals surface area (Å²) in [4.78, 5) is 30.9. The zero-order chi connectivity index (χ0) is 27.5. The Bertz CT molecular complexity index is 1460. The summed E-state index contributed by atoms with van der Waals surface area (Å²) in [6.07, 6.45) is 2.01. The van der Waals surface area contributed by atoms with Gasteiger partial charge in [-0.25, -0.2) is 4.79 Å². The van der Waals surface area contributed by atoms with Crippen molar-refractivity contribution in [2.75, 3.05) is 31.0 Å². The summed E-state index contributed by atoms with van der Waals surface area (Å²) < 4.78 is 12.7. The molecule has 0 saturated heterocycles. The van der Waals surface area contributed by atoms with Crippen LogP contribution in [0.5, 0.6) is 11.5 Å². The molecular weight excluding hydrogens is 492 g/mol. The summed E-state index contributed by atoms with van der Waals surface area (Å²) in [5, 5.41) is 2.91. The number of carbonyl (C=O) groups excluding carboxylic acids is 2. The molecule has 1 atom stereocenters. The van der Waals surface area contributed by atoms with E-state index in [2.05, 4.69) is 9.88 Å². The molecule has 8 heteroatoms. The van der Waals surface area contributed by atoms with Crippen LogP contribution in [0.3, 0.4) is 0 Å². The standard InChI is InChI=1S/C31H32N4O4/c1-21(2)34(31(37)32-23-13-17-25(39-4)18-14-23)20-29(36)35-27-9-6-5-8-26(27)33-19-7-10-28(33)30(35)22-11-15-24(38-3)16-12-22/h5-19,21,30H,20H2,1-4H3,(H,32,37). The normalized spacial score (nSPS) is 13.9. The van der Waals surface area contributed by atoms with Crippen molar-refractivity contribution in [3.05, 3.63) is 102 Å². The first-order valence-electron chi connectivity index (χ1n) is 12.9. The van der Waals surface area contributed by atoms with E-state index in [9.17, 15) is 9.59 Å². The lowest BCUT2D eigenvalue weighted by Gasteiger charge is -2.40. The lowest BCUT2D eigenvalue weighted by Crippen LogP contribution is -2.49. The van der Waals surface area contributed by atoms with E-state index in [-0.39, 0.29) is 30.6 Å². The van der Waals surface area contributed by atoms with Gasteiger partial charge in [0.1, 0.15) is 24.1 Å². The van der Waals surface area contributed by atoms with E-state index < -0.39 is 0 Å². The molecule has 1 N–H and O–H groups in total. The monoisotopic (exact) mass is 524 g/mol. The van der Waals surface area contributed by atoms with E-state index in [1.54, 1.807) is 43.4 Å². The van der Waals surface area contributed by atoms with Gasteiger partial charge in [0.25, 0.3) is 0 Å². The Morgan fingerprint density at radius 3 is 2.08 bits per heavy atom. The highest BCUT2D eigenvalue weighted by atomic mass is 16.5. The fraction of sp³-hybridized carbons (Fsp3) is 0.226. The van der Waals surface area contributed by atoms with Gasteiger partial charge in [0.15, 0.2) is 0 Å². The number of urea groups is 1. The van der Waals surface area contributed by atoms with Gasteiger partial charge in [-0.3, -0.25) is 9.69 Å². The first kappa shape index (κ1) is 25.9. The minimum atomic E-state index is -0.382. The van der Waals surface area contributed by atoms with Crippen LogP contribution >= 0.6 is 0 Å². The summed E-state index contributed by atoms with van der Waals surface area (Å²) in [6, 6.07) is 25.7. The van der Waals surface area contributed by atoms with Gasteiger partial charge in [0.2, 0.25) is 5.91 Å². The van der Waals surface area contributed by atoms with Crippen molar-refractivity contribution in [1.29, 1.82) is 0 Å². The van der Waals surface area contributed by atoms with Crippen LogP contribution in [0.25, 0.3) is 5.69 Å². The maximum absolute atomic E-state index is 14.2. The summed E-state index contributed by atoms with van der Waals surface area (Å²) in [6.45, 7) is 3.70. The quantitative estimate of drug-likeness (QED) is 0.328. The number of fused-ring (bicyclic) bond motifs is 3. The van der Waals surface area contributed by atoms with Crippen LogP contribution in [0.15, 0.2) is 91.1 Å². The number of nitrogens with one attached hydrogen (secondary N) is 1. The van der Waals surface area contributed by atoms with E-state index in [1.165, 1.54) is 0 Å². The second-order valence-electron chi connectivity index (χ2n) is 9.61. The van der Waals surface area contributed by atoms with Crippen LogP contribution in [0.2, 0.25) is 0 Å². The van der Waals surface area contributed by atoms with Crippen molar-refractivity contribution in [2.24, 2.45) is 0 Å². The van der Waals surface area contributed by atoms with Gasteiger partial charge in [-0.2, -0.15) is 0 Å². The van der Waals surface area contributed by atoms with E-state index >= 15 is 0 Å². The third kappa shape index (κ3) is 5.05. The number of anilines is 2. The molecule has 0 bridgehead atoms. The third-order valence-electron chi connectivity index (χ3n) is 6.95. The van der Waals surface area contributed by atoms with Crippen LogP contribution in [0.1, 0.15) is 31.1 Å². The summed E-state index contributed by atoms with van der Waals surface area (Å²) in [7, 11) is 3.22. The molecule has 3 aromatic carbocycles. The lowest BCUT2D eigenvalue weighted by atomic mass is 9.97. The second-order valence-corrected chi connectivity index (χ2v) is 9.61. The maximum atomic E-state index is 14.2. The SMILES string of the molecule is COc1ccc(NC(=O)N(CC(=O)N2c3ccccc3-n3cccc3C2c2ccc(OC)cc2)C(C)C)cc1. The molecular formula is C31H32N4O4. The molecule has 39 heavy (non-hydrogen) atoms. The third-order valence-corrected chi connectivity index (χ3v) is 6.95. The van der Waals surface area contributed by atoms with Gasteiger partial charge >= 0.3 is 6.03 Å². The highest BCUT2D eigenvalue weighted by molar-refractivity contribution is 6.01. The van der Waals surface area contributed by atoms with Gasteiger partial charge in [0, 0.05) is 17.9 Å². The molecule has 1 aromatic heterocycles. The Balaban J connectivity index is 1.49. The smallest absolute Gasteiger partial charge is 0.322 e. The van der Waals surface area contributed by atoms with E-state index in [0.717, 1.165) is 28.4 Å². The number of benzene rings is 3. The van der Waals surface area contributed by atoms with Crippen molar-refractivity contribution in [1.82, 2.24) is 9.47 Å². The van der Waals surface area contributed by atoms with Crippen LogP contribution in [0, 0.1) is 0 Å². The number of ether oxygens (including phenoxy) is 2. The predicted octanol–water partition coefficient (Wildman–Crippen LogP) is 5.87. The second kappa shape index (κ2) is 10.9. The number of methoxy groups -OCH3 is 2. The van der Waals surface area contributed by atoms with Gasteiger partial charge in [-0.05, 0) is 80.1 Å². The molecule has 1 unspecified atom stereocenters. The molecule has 1 aliphatic heterocycles. The molecule has 0 saturated carbocycles. The van der Waals surface area contributed by atoms with Crippen molar-refractivity contribution >= 4 is 23.3 Å². The summed E-state index contributed by atoms with van der Waals surface area (Å²) in [5.74, 6) is 1.25. The molecule has 8 nitrogen and oxygen atoms in total. The Morgan fingerprint density at radius 2 is 1.46 bits per heavy atom. The van der Waals surface area contributed by atoms with Crippen molar-refractivity contribution in [3.63, 3.8) is 0 Å². The topological polar surface area (TPSA) is 76.0 Å². The number of aromatic nitrogens is 1. The predicted molar refractivity (Wildman–Crippen MR) is 152 cm³/mol. The van der Waals surface area contributed by atoms with Crippen LogP contribution in [-0.2, 0) is 4.79 Å². The largest absolute Gasteiger partial charge is 0.497 e. The molecule has 0 spiro atoms. The zero-order valence-electron chi connectivity index (χ0n) is 22.5. The molecule has 5 rings (SSSR count). The first-order valence-corrected chi connectivity index (χ1v) is 12.9. The number of hydrogen-bond acceptors (Lipinski definition) is 4. The lowest BCUT2D eigenvalue weighted by molar-refractivity contribution is -0.119. The number of para-hydroxylation sites is 2. The van der Waals surface area contributed by atoms with Crippen LogP contribution in [0.4, 0.5) is 16.2 Å². The highest BCUT2D eigenvalue weighted by Crippen LogP contribution is 2.42. The molecule has 4 aromatic rings. The van der Waals surface area contributed by atoms with E-state index in [4.69, 9.17) is 9.47 Å². The van der Waals surface area contributed by atoms with Crippen LogP contribution < -0.4 is 19.7 Å². The molecule has 0 radical (unpaired) electrons. The van der Waals surface area contributed by atoms with Gasteiger partial charge in [0.05, 0.1) is 31.3 Å². The van der Waals surface area contributed by atoms with Gasteiger partial charge in [-0.1, -0.05) is 24.3 Å². The Hall–Kier alpha value is -4.72. The Labute approximate surface area is 228 Å². The average Bonchev–Trinajstić information content (AvgIpc) is 3.45. The van der Waals surface area contributed by atoms with Gasteiger partial charge in [-0.15, -0.1) is 0 Å². The fourth-order valence-electron chi connectivity index (χ4n) is 4.94. The minimum absolute atomic E-state index is 0.0959. The highest BCUT2D eigenvalue weighted by Gasteiger charge is 2.37. The number of hydrogen-bond donors (Lipinski definition) is 1. The minimum Gasteiger partial charge on any atom is -0.497 e. The number of carbonyl (C=O) groups is 2.